The maximum Gasteiger partial charge on any atom is 0.178 e. The molecule has 1 aliphatic carbocycles. The van der Waals surface area contributed by atoms with E-state index in [1.807, 2.05) is 12.1 Å². The molecular weight excluding hydrogens is 276 g/mol. The van der Waals surface area contributed by atoms with E-state index in [0.717, 1.165) is 20.8 Å². The average Bonchev–Trinajstić information content (AvgIpc) is 2.68. The monoisotopic (exact) mass is 294 g/mol. The highest BCUT2D eigenvalue weighted by Gasteiger charge is 2.28. The van der Waals surface area contributed by atoms with Crippen LogP contribution in [0.4, 0.5) is 0 Å². The fraction of sp³-hybridized carbons (Fsp3) is 0.533. The molecule has 0 bridgehead atoms. The molecule has 1 aromatic heterocycles. The van der Waals surface area contributed by atoms with Gasteiger partial charge in [0.1, 0.15) is 0 Å². The molecule has 19 heavy (non-hydrogen) atoms. The topological polar surface area (TPSA) is 20.7 Å². The first-order valence-electron chi connectivity index (χ1n) is 6.87. The fourth-order valence-corrected chi connectivity index (χ4v) is 3.68. The summed E-state index contributed by atoms with van der Waals surface area (Å²) < 4.78 is 3.07. The minimum absolute atomic E-state index is 0.475. The van der Waals surface area contributed by atoms with Gasteiger partial charge in [-0.05, 0) is 55.4 Å². The van der Waals surface area contributed by atoms with Crippen molar-refractivity contribution in [2.24, 2.45) is 5.41 Å². The fourth-order valence-electron chi connectivity index (χ4n) is 3.12. The SMILES string of the molecule is CC1(C)CCC(n2c(=S)[nH]c3c(Cl)cccc32)CC1. The number of imidazole rings is 1. The summed E-state index contributed by atoms with van der Waals surface area (Å²) in [5.74, 6) is 0. The smallest absolute Gasteiger partial charge is 0.178 e. The minimum atomic E-state index is 0.475. The zero-order valence-corrected chi connectivity index (χ0v) is 12.9. The van der Waals surface area contributed by atoms with E-state index in [4.69, 9.17) is 23.8 Å². The molecule has 1 heterocycles. The molecule has 2 aromatic rings. The summed E-state index contributed by atoms with van der Waals surface area (Å²) in [5, 5.41) is 0.749. The van der Waals surface area contributed by atoms with Gasteiger partial charge < -0.3 is 9.55 Å². The van der Waals surface area contributed by atoms with E-state index in [1.165, 1.54) is 25.7 Å². The Kier molecular flexibility index (Phi) is 3.22. The lowest BCUT2D eigenvalue weighted by molar-refractivity contribution is 0.195. The molecule has 1 aliphatic rings. The van der Waals surface area contributed by atoms with Gasteiger partial charge in [0.25, 0.3) is 0 Å². The van der Waals surface area contributed by atoms with Crippen LogP contribution in [-0.2, 0) is 0 Å². The first-order chi connectivity index (χ1) is 8.98. The van der Waals surface area contributed by atoms with E-state index in [0.29, 0.717) is 11.5 Å². The number of rotatable bonds is 1. The molecule has 0 radical (unpaired) electrons. The second-order valence-corrected chi connectivity index (χ2v) is 7.12. The van der Waals surface area contributed by atoms with E-state index in [-0.39, 0.29) is 0 Å². The molecule has 1 aromatic carbocycles. The van der Waals surface area contributed by atoms with Gasteiger partial charge >= 0.3 is 0 Å². The van der Waals surface area contributed by atoms with E-state index in [1.54, 1.807) is 0 Å². The zero-order chi connectivity index (χ0) is 13.6. The van der Waals surface area contributed by atoms with Gasteiger partial charge in [-0.25, -0.2) is 0 Å². The Morgan fingerprint density at radius 2 is 2.00 bits per heavy atom. The average molecular weight is 295 g/mol. The van der Waals surface area contributed by atoms with Crippen molar-refractivity contribution in [3.8, 4) is 0 Å². The second-order valence-electron chi connectivity index (χ2n) is 6.33. The lowest BCUT2D eigenvalue weighted by atomic mass is 9.75. The van der Waals surface area contributed by atoms with Crippen LogP contribution in [0.3, 0.4) is 0 Å². The Balaban J connectivity index is 2.04. The summed E-state index contributed by atoms with van der Waals surface area (Å²) in [5.41, 5.74) is 2.59. The quantitative estimate of drug-likeness (QED) is 0.689. The van der Waals surface area contributed by atoms with Crippen molar-refractivity contribution >= 4 is 34.9 Å². The van der Waals surface area contributed by atoms with Crippen LogP contribution < -0.4 is 0 Å². The summed E-state index contributed by atoms with van der Waals surface area (Å²) >= 11 is 11.7. The van der Waals surface area contributed by atoms with Gasteiger partial charge in [0.15, 0.2) is 4.77 Å². The third kappa shape index (κ3) is 2.34. The Morgan fingerprint density at radius 1 is 1.32 bits per heavy atom. The number of hydrogen-bond donors (Lipinski definition) is 1. The van der Waals surface area contributed by atoms with Gasteiger partial charge in [-0.15, -0.1) is 0 Å². The Bertz CT molecular complexity index is 658. The van der Waals surface area contributed by atoms with E-state index in [2.05, 4.69) is 29.5 Å². The predicted octanol–water partition coefficient (Wildman–Crippen LogP) is 5.49. The molecule has 0 saturated heterocycles. The Labute approximate surface area is 123 Å². The number of fused-ring (bicyclic) bond motifs is 1. The molecule has 1 fully saturated rings. The zero-order valence-electron chi connectivity index (χ0n) is 11.4. The van der Waals surface area contributed by atoms with Crippen molar-refractivity contribution < 1.29 is 0 Å². The minimum Gasteiger partial charge on any atom is -0.329 e. The first-order valence-corrected chi connectivity index (χ1v) is 7.65. The van der Waals surface area contributed by atoms with Gasteiger partial charge in [-0.3, -0.25) is 0 Å². The van der Waals surface area contributed by atoms with Crippen LogP contribution in [0.15, 0.2) is 18.2 Å². The molecule has 0 unspecified atom stereocenters. The summed E-state index contributed by atoms with van der Waals surface area (Å²) in [4.78, 5) is 3.26. The van der Waals surface area contributed by atoms with Crippen LogP contribution in [0.25, 0.3) is 11.0 Å². The van der Waals surface area contributed by atoms with Gasteiger partial charge in [-0.1, -0.05) is 31.5 Å². The Hall–Kier alpha value is -0.800. The van der Waals surface area contributed by atoms with Crippen molar-refractivity contribution in [3.63, 3.8) is 0 Å². The van der Waals surface area contributed by atoms with Crippen LogP contribution in [0.2, 0.25) is 5.02 Å². The summed E-state index contributed by atoms with van der Waals surface area (Å²) in [6, 6.07) is 6.51. The predicted molar refractivity (Wildman–Crippen MR) is 83.4 cm³/mol. The van der Waals surface area contributed by atoms with Gasteiger partial charge in [-0.2, -0.15) is 0 Å². The summed E-state index contributed by atoms with van der Waals surface area (Å²) in [6.45, 7) is 4.71. The standard InChI is InChI=1S/C15H19ClN2S/c1-15(2)8-6-10(7-9-15)18-12-5-3-4-11(16)13(12)17-14(18)19/h3-5,10H,6-9H2,1-2H3,(H,17,19). The number of para-hydroxylation sites is 1. The normalized spacial score (nSPS) is 19.9. The summed E-state index contributed by atoms with van der Waals surface area (Å²) in [6.07, 6.45) is 4.90. The highest BCUT2D eigenvalue weighted by atomic mass is 35.5. The Morgan fingerprint density at radius 3 is 2.68 bits per heavy atom. The second kappa shape index (κ2) is 4.64. The van der Waals surface area contributed by atoms with Crippen LogP contribution in [0.5, 0.6) is 0 Å². The van der Waals surface area contributed by atoms with Gasteiger partial charge in [0, 0.05) is 6.04 Å². The van der Waals surface area contributed by atoms with E-state index >= 15 is 0 Å². The van der Waals surface area contributed by atoms with Crippen LogP contribution in [0, 0.1) is 10.2 Å². The number of halogens is 1. The molecule has 4 heteroatoms. The molecule has 0 atom stereocenters. The third-order valence-electron chi connectivity index (χ3n) is 4.38. The van der Waals surface area contributed by atoms with Gasteiger partial charge in [0.05, 0.1) is 16.1 Å². The summed E-state index contributed by atoms with van der Waals surface area (Å²) in [7, 11) is 0. The van der Waals surface area contributed by atoms with Crippen molar-refractivity contribution in [2.45, 2.75) is 45.6 Å². The van der Waals surface area contributed by atoms with Crippen molar-refractivity contribution in [3.05, 3.63) is 28.0 Å². The lowest BCUT2D eigenvalue weighted by Gasteiger charge is -2.35. The molecule has 2 nitrogen and oxygen atoms in total. The molecule has 1 N–H and O–H groups in total. The van der Waals surface area contributed by atoms with Gasteiger partial charge in [0.2, 0.25) is 0 Å². The molecule has 0 spiro atoms. The van der Waals surface area contributed by atoms with Crippen LogP contribution >= 0.6 is 23.8 Å². The number of H-pyrrole nitrogens is 1. The third-order valence-corrected chi connectivity index (χ3v) is 4.99. The van der Waals surface area contributed by atoms with Crippen LogP contribution in [-0.4, -0.2) is 9.55 Å². The number of benzene rings is 1. The highest BCUT2D eigenvalue weighted by Crippen LogP contribution is 2.41. The largest absolute Gasteiger partial charge is 0.329 e. The molecular formula is C15H19ClN2S. The molecule has 0 aliphatic heterocycles. The number of aromatic amines is 1. The van der Waals surface area contributed by atoms with Crippen molar-refractivity contribution in [1.82, 2.24) is 9.55 Å². The maximum atomic E-state index is 6.24. The molecule has 1 saturated carbocycles. The molecule has 3 rings (SSSR count). The number of nitrogens with one attached hydrogen (secondary N) is 1. The van der Waals surface area contributed by atoms with Crippen molar-refractivity contribution in [2.75, 3.05) is 0 Å². The number of aromatic nitrogens is 2. The number of nitrogens with zero attached hydrogens (tertiary/aromatic N) is 1. The lowest BCUT2D eigenvalue weighted by Crippen LogP contribution is -2.23. The highest BCUT2D eigenvalue weighted by molar-refractivity contribution is 7.71. The number of hydrogen-bond acceptors (Lipinski definition) is 1. The first kappa shape index (κ1) is 13.2. The van der Waals surface area contributed by atoms with E-state index < -0.39 is 0 Å². The van der Waals surface area contributed by atoms with Crippen LogP contribution in [0.1, 0.15) is 45.6 Å². The van der Waals surface area contributed by atoms with E-state index in [9.17, 15) is 0 Å². The molecule has 0 amide bonds. The van der Waals surface area contributed by atoms with Crippen molar-refractivity contribution in [1.29, 1.82) is 0 Å². The maximum absolute atomic E-state index is 6.24. The molecule has 102 valence electrons.